The highest BCUT2D eigenvalue weighted by Gasteiger charge is 2.67. The van der Waals surface area contributed by atoms with Gasteiger partial charge in [-0.2, -0.15) is 0 Å². The van der Waals surface area contributed by atoms with E-state index in [1.54, 1.807) is 12.3 Å². The number of fused-ring (bicyclic) bond motifs is 1. The lowest BCUT2D eigenvalue weighted by Gasteiger charge is -2.26. The van der Waals surface area contributed by atoms with E-state index >= 15 is 0 Å². The smallest absolute Gasteiger partial charge is 0.230 e. The first-order valence-electron chi connectivity index (χ1n) is 9.16. The monoisotopic (exact) mass is 342 g/mol. The summed E-state index contributed by atoms with van der Waals surface area (Å²) in [5, 5.41) is 2.91. The SMILES string of the molecule is O=C(NCc1ccco1)C1C2C(=O)N(C3CCCC3)CC23C=C[C@H]1O3. The lowest BCUT2D eigenvalue weighted by atomic mass is 9.77. The van der Waals surface area contributed by atoms with Crippen molar-refractivity contribution >= 4 is 11.8 Å². The van der Waals surface area contributed by atoms with Crippen LogP contribution in [-0.2, 0) is 20.9 Å². The maximum atomic E-state index is 13.1. The molecule has 2 amide bonds. The maximum Gasteiger partial charge on any atom is 0.230 e. The van der Waals surface area contributed by atoms with Gasteiger partial charge in [-0.3, -0.25) is 9.59 Å². The summed E-state index contributed by atoms with van der Waals surface area (Å²) in [4.78, 5) is 27.9. The van der Waals surface area contributed by atoms with Crippen LogP contribution in [0.2, 0.25) is 0 Å². The van der Waals surface area contributed by atoms with Crippen molar-refractivity contribution in [3.05, 3.63) is 36.3 Å². The van der Waals surface area contributed by atoms with Crippen LogP contribution in [0.1, 0.15) is 31.4 Å². The van der Waals surface area contributed by atoms with Crippen LogP contribution in [0.5, 0.6) is 0 Å². The predicted molar refractivity (Wildman–Crippen MR) is 88.2 cm³/mol. The van der Waals surface area contributed by atoms with E-state index in [1.165, 1.54) is 12.8 Å². The van der Waals surface area contributed by atoms with Crippen LogP contribution in [0.4, 0.5) is 0 Å². The first-order valence-corrected chi connectivity index (χ1v) is 9.16. The Morgan fingerprint density at radius 3 is 2.96 bits per heavy atom. The molecular weight excluding hydrogens is 320 g/mol. The summed E-state index contributed by atoms with van der Waals surface area (Å²) in [5.41, 5.74) is -0.600. The van der Waals surface area contributed by atoms with E-state index in [0.29, 0.717) is 24.9 Å². The molecule has 1 aliphatic carbocycles. The van der Waals surface area contributed by atoms with Gasteiger partial charge in [0.05, 0.1) is 37.3 Å². The van der Waals surface area contributed by atoms with Crippen molar-refractivity contribution in [2.45, 2.75) is 50.0 Å². The highest BCUT2D eigenvalue weighted by atomic mass is 16.5. The van der Waals surface area contributed by atoms with Gasteiger partial charge < -0.3 is 19.4 Å². The first kappa shape index (κ1) is 15.2. The van der Waals surface area contributed by atoms with Crippen molar-refractivity contribution in [1.82, 2.24) is 10.2 Å². The fourth-order valence-electron chi connectivity index (χ4n) is 5.06. The molecule has 6 nitrogen and oxygen atoms in total. The van der Waals surface area contributed by atoms with Crippen LogP contribution in [0.25, 0.3) is 0 Å². The highest BCUT2D eigenvalue weighted by molar-refractivity contribution is 5.93. The number of rotatable bonds is 4. The zero-order valence-electron chi connectivity index (χ0n) is 14.0. The van der Waals surface area contributed by atoms with E-state index < -0.39 is 11.5 Å². The third kappa shape index (κ3) is 2.20. The van der Waals surface area contributed by atoms with Crippen molar-refractivity contribution in [2.24, 2.45) is 11.8 Å². The highest BCUT2D eigenvalue weighted by Crippen LogP contribution is 2.52. The van der Waals surface area contributed by atoms with E-state index in [1.807, 2.05) is 23.1 Å². The van der Waals surface area contributed by atoms with E-state index in [4.69, 9.17) is 9.15 Å². The molecule has 1 aromatic rings. The van der Waals surface area contributed by atoms with Crippen molar-refractivity contribution in [2.75, 3.05) is 6.54 Å². The Morgan fingerprint density at radius 1 is 1.36 bits per heavy atom. The number of nitrogens with one attached hydrogen (secondary N) is 1. The standard InChI is InChI=1S/C19H22N2O4/c22-17(20-10-13-6-3-9-24-13)15-14-7-8-19(25-14)11-21(18(23)16(15)19)12-4-1-2-5-12/h3,6-9,12,14-16H,1-2,4-5,10-11H2,(H,20,22)/t14-,15?,16?,19?/m1/s1. The normalized spacial score (nSPS) is 36.4. The summed E-state index contributed by atoms with van der Waals surface area (Å²) in [6, 6.07) is 3.93. The molecule has 3 aliphatic heterocycles. The number of likely N-dealkylation sites (tertiary alicyclic amines) is 1. The van der Waals surface area contributed by atoms with Crippen LogP contribution in [0.3, 0.4) is 0 Å². The minimum absolute atomic E-state index is 0.0944. The third-order valence-electron chi connectivity index (χ3n) is 6.21. The van der Waals surface area contributed by atoms with Crippen molar-refractivity contribution in [1.29, 1.82) is 0 Å². The van der Waals surface area contributed by atoms with Crippen molar-refractivity contribution < 1.29 is 18.7 Å². The number of hydrogen-bond donors (Lipinski definition) is 1. The molecule has 4 aliphatic rings. The van der Waals surface area contributed by atoms with Gasteiger partial charge in [-0.25, -0.2) is 0 Å². The van der Waals surface area contributed by atoms with E-state index in [0.717, 1.165) is 12.8 Å². The molecule has 132 valence electrons. The van der Waals surface area contributed by atoms with Gasteiger partial charge in [0.15, 0.2) is 0 Å². The van der Waals surface area contributed by atoms with Crippen molar-refractivity contribution in [3.8, 4) is 0 Å². The fraction of sp³-hybridized carbons (Fsp3) is 0.579. The molecule has 1 spiro atoms. The Hall–Kier alpha value is -2.08. The second kappa shape index (κ2) is 5.46. The van der Waals surface area contributed by atoms with Crippen LogP contribution in [0.15, 0.2) is 35.0 Å². The first-order chi connectivity index (χ1) is 12.2. The average molecular weight is 342 g/mol. The van der Waals surface area contributed by atoms with E-state index in [2.05, 4.69) is 5.32 Å². The summed E-state index contributed by atoms with van der Waals surface area (Å²) in [7, 11) is 0. The second-order valence-corrected chi connectivity index (χ2v) is 7.60. The number of amides is 2. The Balaban J connectivity index is 1.36. The molecule has 2 bridgehead atoms. The zero-order valence-corrected chi connectivity index (χ0v) is 14.0. The largest absolute Gasteiger partial charge is 0.467 e. The molecule has 5 rings (SSSR count). The lowest BCUT2D eigenvalue weighted by Crippen LogP contribution is -2.44. The number of carbonyl (C=O) groups excluding carboxylic acids is 2. The molecule has 3 unspecified atom stereocenters. The molecule has 1 saturated carbocycles. The van der Waals surface area contributed by atoms with Gasteiger partial charge in [0.2, 0.25) is 11.8 Å². The second-order valence-electron chi connectivity index (χ2n) is 7.60. The molecule has 6 heteroatoms. The van der Waals surface area contributed by atoms with Crippen molar-refractivity contribution in [3.63, 3.8) is 0 Å². The van der Waals surface area contributed by atoms with Gasteiger partial charge in [-0.05, 0) is 25.0 Å². The minimum Gasteiger partial charge on any atom is -0.467 e. The molecule has 4 heterocycles. The quantitative estimate of drug-likeness (QED) is 0.844. The number of furan rings is 1. The van der Waals surface area contributed by atoms with Crippen LogP contribution in [0, 0.1) is 11.8 Å². The molecule has 25 heavy (non-hydrogen) atoms. The zero-order chi connectivity index (χ0) is 17.0. The Bertz CT molecular complexity index is 722. The van der Waals surface area contributed by atoms with Crippen LogP contribution in [-0.4, -0.2) is 41.0 Å². The third-order valence-corrected chi connectivity index (χ3v) is 6.21. The lowest BCUT2D eigenvalue weighted by molar-refractivity contribution is -0.138. The Kier molecular flexibility index (Phi) is 3.32. The van der Waals surface area contributed by atoms with Gasteiger partial charge in [0.25, 0.3) is 0 Å². The molecular formula is C19H22N2O4. The molecule has 1 aromatic heterocycles. The van der Waals surface area contributed by atoms with Gasteiger partial charge in [0, 0.05) is 6.04 Å². The minimum atomic E-state index is -0.600. The van der Waals surface area contributed by atoms with Gasteiger partial charge in [0.1, 0.15) is 11.4 Å². The summed E-state index contributed by atoms with van der Waals surface area (Å²) < 4.78 is 11.4. The van der Waals surface area contributed by atoms with Crippen LogP contribution < -0.4 is 5.32 Å². The number of ether oxygens (including phenoxy) is 1. The number of carbonyl (C=O) groups is 2. The average Bonchev–Trinajstić information content (AvgIpc) is 3.39. The molecule has 2 saturated heterocycles. The van der Waals surface area contributed by atoms with Gasteiger partial charge in [-0.1, -0.05) is 25.0 Å². The van der Waals surface area contributed by atoms with Gasteiger partial charge >= 0.3 is 0 Å². The molecule has 3 fully saturated rings. The summed E-state index contributed by atoms with van der Waals surface area (Å²) in [5.74, 6) is -0.164. The molecule has 4 atom stereocenters. The fourth-order valence-corrected chi connectivity index (χ4v) is 5.06. The summed E-state index contributed by atoms with van der Waals surface area (Å²) in [6.45, 7) is 0.926. The topological polar surface area (TPSA) is 71.8 Å². The maximum absolute atomic E-state index is 13.1. The van der Waals surface area contributed by atoms with Crippen LogP contribution >= 0.6 is 0 Å². The number of nitrogens with zero attached hydrogens (tertiary/aromatic N) is 1. The van der Waals surface area contributed by atoms with Gasteiger partial charge in [-0.15, -0.1) is 0 Å². The van der Waals surface area contributed by atoms with E-state index in [9.17, 15) is 9.59 Å². The molecule has 0 aromatic carbocycles. The number of hydrogen-bond acceptors (Lipinski definition) is 4. The molecule has 1 N–H and O–H groups in total. The Labute approximate surface area is 146 Å². The summed E-state index contributed by atoms with van der Waals surface area (Å²) >= 11 is 0. The molecule has 0 radical (unpaired) electrons. The Morgan fingerprint density at radius 2 is 2.20 bits per heavy atom. The summed E-state index contributed by atoms with van der Waals surface area (Å²) in [6.07, 6.45) is 9.76. The van der Waals surface area contributed by atoms with E-state index in [-0.39, 0.29) is 23.8 Å². The predicted octanol–water partition coefficient (Wildman–Crippen LogP) is 1.62.